The van der Waals surface area contributed by atoms with Crippen molar-refractivity contribution in [2.75, 3.05) is 7.11 Å². The van der Waals surface area contributed by atoms with Gasteiger partial charge in [0.15, 0.2) is 0 Å². The molecule has 4 atom stereocenters. The highest BCUT2D eigenvalue weighted by molar-refractivity contribution is 5.93. The second-order valence-electron chi connectivity index (χ2n) is 5.89. The molecule has 1 amide bonds. The van der Waals surface area contributed by atoms with Crippen LogP contribution in [0.5, 0.6) is 0 Å². The van der Waals surface area contributed by atoms with Crippen LogP contribution in [0.15, 0.2) is 18.3 Å². The summed E-state index contributed by atoms with van der Waals surface area (Å²) in [5.74, 6) is 0.306. The third kappa shape index (κ3) is 2.01. The summed E-state index contributed by atoms with van der Waals surface area (Å²) >= 11 is 0. The number of nitrogens with one attached hydrogen (secondary N) is 1. The van der Waals surface area contributed by atoms with Crippen LogP contribution in [0, 0.1) is 17.8 Å². The van der Waals surface area contributed by atoms with Gasteiger partial charge in [-0.15, -0.1) is 0 Å². The molecule has 2 saturated carbocycles. The largest absolute Gasteiger partial charge is 0.469 e. The number of fused-ring (bicyclic) bond motifs is 2. The van der Waals surface area contributed by atoms with Crippen LogP contribution in [0.2, 0.25) is 0 Å². The normalized spacial score (nSPS) is 31.3. The number of esters is 1. The van der Waals surface area contributed by atoms with Crippen molar-refractivity contribution in [1.29, 1.82) is 0 Å². The van der Waals surface area contributed by atoms with Gasteiger partial charge in [-0.1, -0.05) is 0 Å². The van der Waals surface area contributed by atoms with Gasteiger partial charge in [0, 0.05) is 19.3 Å². The number of carbonyl (C=O) groups is 2. The first-order valence-corrected chi connectivity index (χ1v) is 7.12. The number of aryl methyl sites for hydroxylation is 1. The zero-order valence-corrected chi connectivity index (χ0v) is 11.8. The van der Waals surface area contributed by atoms with Crippen molar-refractivity contribution in [2.45, 2.75) is 25.3 Å². The average Bonchev–Trinajstić information content (AvgIpc) is 3.13. The molecule has 0 spiro atoms. The Morgan fingerprint density at radius 1 is 1.35 bits per heavy atom. The Bertz CT molecular complexity index is 537. The van der Waals surface area contributed by atoms with Crippen molar-refractivity contribution in [3.8, 4) is 0 Å². The van der Waals surface area contributed by atoms with Gasteiger partial charge in [-0.05, 0) is 43.2 Å². The fraction of sp³-hybridized carbons (Fsp3) is 0.600. The summed E-state index contributed by atoms with van der Waals surface area (Å²) < 4.78 is 6.70. The summed E-state index contributed by atoms with van der Waals surface area (Å²) in [6.45, 7) is 0. The van der Waals surface area contributed by atoms with Gasteiger partial charge in [0.05, 0.1) is 13.0 Å². The average molecular weight is 276 g/mol. The summed E-state index contributed by atoms with van der Waals surface area (Å²) in [4.78, 5) is 24.3. The Kier molecular flexibility index (Phi) is 3.28. The maximum absolute atomic E-state index is 12.3. The second kappa shape index (κ2) is 4.96. The van der Waals surface area contributed by atoms with Crippen LogP contribution in [0.4, 0.5) is 0 Å². The number of hydrogen-bond donors (Lipinski definition) is 1. The maximum atomic E-state index is 12.3. The van der Waals surface area contributed by atoms with Crippen molar-refractivity contribution in [2.24, 2.45) is 24.8 Å². The molecule has 20 heavy (non-hydrogen) atoms. The molecule has 5 nitrogen and oxygen atoms in total. The third-order valence-electron chi connectivity index (χ3n) is 4.86. The van der Waals surface area contributed by atoms with Crippen LogP contribution in [0.3, 0.4) is 0 Å². The molecule has 0 unspecified atom stereocenters. The first kappa shape index (κ1) is 13.2. The van der Waals surface area contributed by atoms with E-state index in [9.17, 15) is 9.59 Å². The van der Waals surface area contributed by atoms with Gasteiger partial charge in [-0.25, -0.2) is 0 Å². The minimum absolute atomic E-state index is 0.0800. The molecule has 2 bridgehead atoms. The molecule has 1 aromatic rings. The van der Waals surface area contributed by atoms with E-state index in [0.29, 0.717) is 17.5 Å². The van der Waals surface area contributed by atoms with Gasteiger partial charge in [0.25, 0.3) is 5.91 Å². The monoisotopic (exact) mass is 276 g/mol. The number of hydrogen-bond acceptors (Lipinski definition) is 3. The van der Waals surface area contributed by atoms with E-state index in [1.165, 1.54) is 7.11 Å². The molecule has 0 aliphatic heterocycles. The van der Waals surface area contributed by atoms with E-state index in [0.717, 1.165) is 19.3 Å². The molecule has 2 aliphatic rings. The number of aromatic nitrogens is 1. The number of ether oxygens (including phenoxy) is 1. The minimum atomic E-state index is -0.186. The topological polar surface area (TPSA) is 60.3 Å². The van der Waals surface area contributed by atoms with Gasteiger partial charge < -0.3 is 14.6 Å². The van der Waals surface area contributed by atoms with Crippen LogP contribution >= 0.6 is 0 Å². The molecule has 0 saturated heterocycles. The van der Waals surface area contributed by atoms with Crippen molar-refractivity contribution >= 4 is 11.9 Å². The molecule has 1 aromatic heterocycles. The van der Waals surface area contributed by atoms with E-state index in [4.69, 9.17) is 4.74 Å². The minimum Gasteiger partial charge on any atom is -0.469 e. The van der Waals surface area contributed by atoms with E-state index in [1.807, 2.05) is 19.3 Å². The standard InChI is InChI=1S/C15H20N2O3/c1-17-7-3-4-11(17)14(18)16-13-10-6-5-9(8-10)12(13)15(19)20-2/h3-4,7,9-10,12-13H,5-6,8H2,1-2H3,(H,16,18)/t9-,10-,12-,13+/m0/s1. The third-order valence-corrected chi connectivity index (χ3v) is 4.86. The lowest BCUT2D eigenvalue weighted by molar-refractivity contribution is -0.148. The van der Waals surface area contributed by atoms with Crippen molar-refractivity contribution in [3.63, 3.8) is 0 Å². The zero-order chi connectivity index (χ0) is 14.3. The van der Waals surface area contributed by atoms with Gasteiger partial charge in [-0.3, -0.25) is 9.59 Å². The van der Waals surface area contributed by atoms with E-state index in [1.54, 1.807) is 10.6 Å². The van der Waals surface area contributed by atoms with Crippen LogP contribution in [-0.2, 0) is 16.6 Å². The van der Waals surface area contributed by atoms with Gasteiger partial charge >= 0.3 is 5.97 Å². The lowest BCUT2D eigenvalue weighted by Gasteiger charge is -2.29. The van der Waals surface area contributed by atoms with Gasteiger partial charge in [0.1, 0.15) is 5.69 Å². The number of methoxy groups -OCH3 is 1. The predicted molar refractivity (Wildman–Crippen MR) is 73.0 cm³/mol. The summed E-state index contributed by atoms with van der Waals surface area (Å²) in [5, 5.41) is 3.06. The van der Waals surface area contributed by atoms with Gasteiger partial charge in [-0.2, -0.15) is 0 Å². The lowest BCUT2D eigenvalue weighted by Crippen LogP contribution is -2.47. The molecule has 5 heteroatoms. The van der Waals surface area contributed by atoms with Crippen LogP contribution in [-0.4, -0.2) is 29.6 Å². The zero-order valence-electron chi connectivity index (χ0n) is 11.8. The quantitative estimate of drug-likeness (QED) is 0.848. The Labute approximate surface area is 118 Å². The predicted octanol–water partition coefficient (Wildman–Crippen LogP) is 1.34. The number of carbonyl (C=O) groups excluding carboxylic acids is 2. The molecule has 0 aromatic carbocycles. The Morgan fingerprint density at radius 3 is 2.75 bits per heavy atom. The summed E-state index contributed by atoms with van der Waals surface area (Å²) in [6, 6.07) is 3.55. The molecule has 1 heterocycles. The lowest BCUT2D eigenvalue weighted by atomic mass is 9.84. The Hall–Kier alpha value is -1.78. The summed E-state index contributed by atoms with van der Waals surface area (Å²) in [6.07, 6.45) is 5.03. The van der Waals surface area contributed by atoms with E-state index < -0.39 is 0 Å². The number of nitrogens with zero attached hydrogens (tertiary/aromatic N) is 1. The highest BCUT2D eigenvalue weighted by Gasteiger charge is 2.52. The molecule has 0 radical (unpaired) electrons. The SMILES string of the molecule is COC(=O)[C@H]1[C@H]2CC[C@@H](C2)[C@H]1NC(=O)c1cccn1C. The smallest absolute Gasteiger partial charge is 0.311 e. The molecule has 2 fully saturated rings. The first-order valence-electron chi connectivity index (χ1n) is 7.12. The van der Waals surface area contributed by atoms with Crippen LogP contribution < -0.4 is 5.32 Å². The number of amides is 1. The molecule has 108 valence electrons. The summed E-state index contributed by atoms with van der Waals surface area (Å²) in [7, 11) is 3.26. The number of rotatable bonds is 3. The molecular weight excluding hydrogens is 256 g/mol. The Balaban J connectivity index is 1.77. The van der Waals surface area contributed by atoms with E-state index in [2.05, 4.69) is 5.32 Å². The fourth-order valence-electron chi connectivity index (χ4n) is 3.90. The molecule has 1 N–H and O–H groups in total. The van der Waals surface area contributed by atoms with Crippen molar-refractivity contribution in [3.05, 3.63) is 24.0 Å². The molecule has 3 rings (SSSR count). The van der Waals surface area contributed by atoms with Crippen LogP contribution in [0.25, 0.3) is 0 Å². The van der Waals surface area contributed by atoms with Crippen LogP contribution in [0.1, 0.15) is 29.8 Å². The van der Waals surface area contributed by atoms with Gasteiger partial charge in [0.2, 0.25) is 0 Å². The molecular formula is C15H20N2O3. The summed E-state index contributed by atoms with van der Waals surface area (Å²) in [5.41, 5.74) is 0.622. The van der Waals surface area contributed by atoms with Crippen molar-refractivity contribution < 1.29 is 14.3 Å². The first-order chi connectivity index (χ1) is 9.61. The Morgan fingerprint density at radius 2 is 2.10 bits per heavy atom. The van der Waals surface area contributed by atoms with E-state index in [-0.39, 0.29) is 23.8 Å². The fourth-order valence-corrected chi connectivity index (χ4v) is 3.90. The molecule has 2 aliphatic carbocycles. The van der Waals surface area contributed by atoms with Crippen molar-refractivity contribution in [1.82, 2.24) is 9.88 Å². The second-order valence-corrected chi connectivity index (χ2v) is 5.89. The van der Waals surface area contributed by atoms with E-state index >= 15 is 0 Å². The highest BCUT2D eigenvalue weighted by atomic mass is 16.5. The maximum Gasteiger partial charge on any atom is 0.311 e. The highest BCUT2D eigenvalue weighted by Crippen LogP contribution is 2.48.